The molecular formula is C21H16ClFN4O2S. The predicted octanol–water partition coefficient (Wildman–Crippen LogP) is 4.39. The number of urea groups is 1. The summed E-state index contributed by atoms with van der Waals surface area (Å²) in [5.74, 6) is -1.05. The number of thioether (sulfide) groups is 1. The third kappa shape index (κ3) is 3.34. The number of anilines is 1. The number of pyridine rings is 1. The van der Waals surface area contributed by atoms with Crippen molar-refractivity contribution in [2.75, 3.05) is 11.4 Å². The van der Waals surface area contributed by atoms with E-state index in [2.05, 4.69) is 4.98 Å². The molecule has 6 nitrogen and oxygen atoms in total. The third-order valence-corrected chi connectivity index (χ3v) is 6.79. The molecule has 1 fully saturated rings. The van der Waals surface area contributed by atoms with Gasteiger partial charge in [-0.1, -0.05) is 29.8 Å². The van der Waals surface area contributed by atoms with E-state index in [0.717, 1.165) is 21.6 Å². The number of nitrogens with zero attached hydrogens (tertiary/aromatic N) is 4. The monoisotopic (exact) mass is 442 g/mol. The first kappa shape index (κ1) is 20.4. The molecule has 9 heteroatoms. The van der Waals surface area contributed by atoms with Crippen molar-refractivity contribution in [2.45, 2.75) is 24.6 Å². The Kier molecular flexibility index (Phi) is 5.50. The van der Waals surface area contributed by atoms with Crippen LogP contribution in [0, 0.1) is 24.1 Å². The molecule has 0 saturated carbocycles. The molecule has 0 spiro atoms. The van der Waals surface area contributed by atoms with E-state index >= 15 is 0 Å². The van der Waals surface area contributed by atoms with Crippen LogP contribution in [-0.4, -0.2) is 39.7 Å². The molecule has 30 heavy (non-hydrogen) atoms. The van der Waals surface area contributed by atoms with Crippen LogP contribution in [0.1, 0.15) is 17.5 Å². The average Bonchev–Trinajstić information content (AvgIpc) is 3.17. The molecule has 0 bridgehead atoms. The molecule has 2 aliphatic heterocycles. The maximum absolute atomic E-state index is 14.1. The lowest BCUT2D eigenvalue weighted by Gasteiger charge is -2.41. The summed E-state index contributed by atoms with van der Waals surface area (Å²) in [5, 5.41) is 8.95. The van der Waals surface area contributed by atoms with Crippen LogP contribution < -0.4 is 4.90 Å². The van der Waals surface area contributed by atoms with E-state index < -0.39 is 29.0 Å². The zero-order valence-corrected chi connectivity index (χ0v) is 17.5. The fourth-order valence-electron chi connectivity index (χ4n) is 3.58. The van der Waals surface area contributed by atoms with Crippen LogP contribution in [0.15, 0.2) is 42.7 Å². The summed E-state index contributed by atoms with van der Waals surface area (Å²) in [4.78, 5) is 33.7. The number of hydrogen-bond acceptors (Lipinski definition) is 5. The Bertz CT molecular complexity index is 1120. The number of hydrogen-bond donors (Lipinski definition) is 0. The smallest absolute Gasteiger partial charge is 0.315 e. The van der Waals surface area contributed by atoms with Gasteiger partial charge in [-0.05, 0) is 19.1 Å². The molecule has 3 amide bonds. The highest BCUT2D eigenvalue weighted by Gasteiger charge is 2.50. The molecular weight excluding hydrogens is 427 g/mol. The Balaban J connectivity index is 1.77. The molecule has 1 aromatic heterocycles. The van der Waals surface area contributed by atoms with Crippen molar-refractivity contribution in [3.8, 4) is 6.07 Å². The topological polar surface area (TPSA) is 77.3 Å². The summed E-state index contributed by atoms with van der Waals surface area (Å²) < 4.78 is 14.1. The van der Waals surface area contributed by atoms with E-state index in [-0.39, 0.29) is 24.2 Å². The molecule has 1 saturated heterocycles. The van der Waals surface area contributed by atoms with Gasteiger partial charge in [0, 0.05) is 27.6 Å². The highest BCUT2D eigenvalue weighted by molar-refractivity contribution is 8.09. The quantitative estimate of drug-likeness (QED) is 0.701. The largest absolute Gasteiger partial charge is 0.332 e. The van der Waals surface area contributed by atoms with E-state index in [0.29, 0.717) is 5.02 Å². The summed E-state index contributed by atoms with van der Waals surface area (Å²) in [5.41, 5.74) is 1.04. The molecule has 2 aliphatic rings. The SMILES string of the molecule is Cc1c(F)cncc1N1C(=O)C2SC(c3ccccc3Cl)=CC2N(CCC#N)C1=O. The normalized spacial score (nSPS) is 20.8. The van der Waals surface area contributed by atoms with Crippen molar-refractivity contribution in [3.05, 3.63) is 64.7 Å². The Morgan fingerprint density at radius 2 is 2.07 bits per heavy atom. The van der Waals surface area contributed by atoms with Crippen LogP contribution in [-0.2, 0) is 4.79 Å². The van der Waals surface area contributed by atoms with Crippen LogP contribution in [0.4, 0.5) is 14.9 Å². The number of fused-ring (bicyclic) bond motifs is 1. The van der Waals surface area contributed by atoms with Crippen LogP contribution in [0.2, 0.25) is 5.02 Å². The van der Waals surface area contributed by atoms with Gasteiger partial charge in [0.05, 0.1) is 36.6 Å². The van der Waals surface area contributed by atoms with E-state index in [4.69, 9.17) is 16.9 Å². The molecule has 2 unspecified atom stereocenters. The van der Waals surface area contributed by atoms with Gasteiger partial charge >= 0.3 is 6.03 Å². The van der Waals surface area contributed by atoms with E-state index in [1.807, 2.05) is 30.3 Å². The van der Waals surface area contributed by atoms with Crippen LogP contribution in [0.5, 0.6) is 0 Å². The van der Waals surface area contributed by atoms with Gasteiger partial charge in [-0.15, -0.1) is 11.8 Å². The zero-order valence-electron chi connectivity index (χ0n) is 15.9. The standard InChI is InChI=1S/C21H16ClFN4O2S/c1-12-15(23)10-25-11-17(12)27-20(28)19-16(26(21(27)29)8-4-7-24)9-18(30-19)13-5-2-3-6-14(13)22/h2-3,5-6,9-11,16,19H,4,8H2,1H3. The second kappa shape index (κ2) is 8.09. The minimum atomic E-state index is -0.629. The Morgan fingerprint density at radius 3 is 2.80 bits per heavy atom. The first-order valence-corrected chi connectivity index (χ1v) is 10.4. The van der Waals surface area contributed by atoms with Gasteiger partial charge in [0.1, 0.15) is 11.1 Å². The third-order valence-electron chi connectivity index (χ3n) is 5.12. The number of carbonyl (C=O) groups is 2. The number of aromatic nitrogens is 1. The molecule has 2 aromatic rings. The molecule has 4 rings (SSSR count). The number of nitriles is 1. The first-order chi connectivity index (χ1) is 14.4. The lowest BCUT2D eigenvalue weighted by Crippen LogP contribution is -2.62. The van der Waals surface area contributed by atoms with Crippen molar-refractivity contribution in [3.63, 3.8) is 0 Å². The first-order valence-electron chi connectivity index (χ1n) is 9.19. The number of amides is 3. The van der Waals surface area contributed by atoms with Gasteiger partial charge in [-0.2, -0.15) is 5.26 Å². The van der Waals surface area contributed by atoms with E-state index in [1.165, 1.54) is 29.8 Å². The predicted molar refractivity (Wildman–Crippen MR) is 113 cm³/mol. The zero-order chi connectivity index (χ0) is 21.4. The molecule has 3 heterocycles. The summed E-state index contributed by atoms with van der Waals surface area (Å²) in [7, 11) is 0. The van der Waals surface area contributed by atoms with E-state index in [1.54, 1.807) is 6.07 Å². The lowest BCUT2D eigenvalue weighted by atomic mass is 10.0. The molecule has 2 atom stereocenters. The molecule has 0 aliphatic carbocycles. The maximum Gasteiger partial charge on any atom is 0.332 e. The fraction of sp³-hybridized carbons (Fsp3) is 0.238. The molecule has 0 N–H and O–H groups in total. The fourth-order valence-corrected chi connectivity index (χ4v) is 5.24. The van der Waals surface area contributed by atoms with Crippen molar-refractivity contribution in [1.82, 2.24) is 9.88 Å². The summed E-state index contributed by atoms with van der Waals surface area (Å²) in [6, 6.07) is 8.19. The van der Waals surface area contributed by atoms with Crippen LogP contribution >= 0.6 is 23.4 Å². The van der Waals surface area contributed by atoms with E-state index in [9.17, 15) is 14.0 Å². The van der Waals surface area contributed by atoms with Crippen molar-refractivity contribution < 1.29 is 14.0 Å². The van der Waals surface area contributed by atoms with Crippen LogP contribution in [0.25, 0.3) is 4.91 Å². The summed E-state index contributed by atoms with van der Waals surface area (Å²) in [6.07, 6.45) is 4.30. The number of benzene rings is 1. The highest BCUT2D eigenvalue weighted by atomic mass is 35.5. The molecule has 0 radical (unpaired) electrons. The molecule has 1 aromatic carbocycles. The summed E-state index contributed by atoms with van der Waals surface area (Å²) >= 11 is 7.64. The summed E-state index contributed by atoms with van der Waals surface area (Å²) in [6.45, 7) is 1.64. The van der Waals surface area contributed by atoms with Crippen molar-refractivity contribution in [2.24, 2.45) is 0 Å². The van der Waals surface area contributed by atoms with Gasteiger partial charge in [0.25, 0.3) is 5.91 Å². The number of carbonyl (C=O) groups excluding carboxylic acids is 2. The second-order valence-electron chi connectivity index (χ2n) is 6.86. The second-order valence-corrected chi connectivity index (χ2v) is 8.45. The number of imide groups is 1. The maximum atomic E-state index is 14.1. The Labute approximate surface area is 181 Å². The van der Waals surface area contributed by atoms with Gasteiger partial charge in [-0.25, -0.2) is 14.1 Å². The number of rotatable bonds is 4. The van der Waals surface area contributed by atoms with Gasteiger partial charge < -0.3 is 4.90 Å². The molecule has 152 valence electrons. The Hall–Kier alpha value is -2.89. The van der Waals surface area contributed by atoms with Gasteiger partial charge in [-0.3, -0.25) is 9.78 Å². The van der Waals surface area contributed by atoms with Gasteiger partial charge in [0.2, 0.25) is 0 Å². The average molecular weight is 443 g/mol. The highest BCUT2D eigenvalue weighted by Crippen LogP contribution is 2.46. The minimum absolute atomic E-state index is 0.108. The minimum Gasteiger partial charge on any atom is -0.315 e. The Morgan fingerprint density at radius 1 is 1.30 bits per heavy atom. The lowest BCUT2D eigenvalue weighted by molar-refractivity contribution is -0.119. The van der Waals surface area contributed by atoms with Crippen molar-refractivity contribution >= 4 is 45.9 Å². The van der Waals surface area contributed by atoms with Crippen LogP contribution in [0.3, 0.4) is 0 Å². The van der Waals surface area contributed by atoms with Gasteiger partial charge in [0.15, 0.2) is 0 Å². The number of halogens is 2. The van der Waals surface area contributed by atoms with Crippen molar-refractivity contribution in [1.29, 1.82) is 5.26 Å².